The number of ether oxygens (including phenoxy) is 13. The molecule has 0 spiro atoms. The van der Waals surface area contributed by atoms with E-state index >= 15 is 0 Å². The molecule has 0 saturated heterocycles. The standard InChI is InChI=1S/C36H64N4O15/c1-2-7-43-10-13-46-16-19-49-22-24-52-25-23-50-20-17-47-14-11-44-8-5-39-32-34(37-38-39)33-55-31-30-54-29-28-53-27-26-51-21-18-48-15-12-45-9-6-40-35(41)3-4-36(40)42/h3-4,32H,2,5-31,33H2,1H3. The van der Waals surface area contributed by atoms with Gasteiger partial charge in [0.25, 0.3) is 11.8 Å². The van der Waals surface area contributed by atoms with Gasteiger partial charge in [-0.15, -0.1) is 5.10 Å². The maximum absolute atomic E-state index is 11.4. The van der Waals surface area contributed by atoms with Crippen molar-refractivity contribution in [1.29, 1.82) is 0 Å². The lowest BCUT2D eigenvalue weighted by Crippen LogP contribution is -2.33. The summed E-state index contributed by atoms with van der Waals surface area (Å²) in [4.78, 5) is 24.0. The number of hydrogen-bond donors (Lipinski definition) is 0. The fraction of sp³-hybridized carbons (Fsp3) is 0.833. The smallest absolute Gasteiger partial charge is 0.253 e. The van der Waals surface area contributed by atoms with Crippen LogP contribution in [0.5, 0.6) is 0 Å². The van der Waals surface area contributed by atoms with Crippen molar-refractivity contribution in [2.24, 2.45) is 0 Å². The maximum Gasteiger partial charge on any atom is 0.253 e. The van der Waals surface area contributed by atoms with E-state index in [4.69, 9.17) is 61.6 Å². The molecule has 0 radical (unpaired) electrons. The van der Waals surface area contributed by atoms with Gasteiger partial charge in [-0.1, -0.05) is 12.1 Å². The average Bonchev–Trinajstić information content (AvgIpc) is 3.78. The van der Waals surface area contributed by atoms with Crippen molar-refractivity contribution in [3.8, 4) is 0 Å². The quantitative estimate of drug-likeness (QED) is 0.0650. The summed E-state index contributed by atoms with van der Waals surface area (Å²) in [5.41, 5.74) is 0.734. The van der Waals surface area contributed by atoms with Gasteiger partial charge in [-0.05, 0) is 6.42 Å². The van der Waals surface area contributed by atoms with Crippen molar-refractivity contribution >= 4 is 11.8 Å². The van der Waals surface area contributed by atoms with E-state index in [1.165, 1.54) is 12.2 Å². The van der Waals surface area contributed by atoms with E-state index in [1.807, 2.05) is 6.20 Å². The average molecular weight is 793 g/mol. The van der Waals surface area contributed by atoms with E-state index in [0.29, 0.717) is 165 Å². The van der Waals surface area contributed by atoms with Gasteiger partial charge in [-0.3, -0.25) is 14.5 Å². The zero-order valence-corrected chi connectivity index (χ0v) is 32.7. The second-order valence-electron chi connectivity index (χ2n) is 11.5. The largest absolute Gasteiger partial charge is 0.379 e. The molecule has 2 heterocycles. The Kier molecular flexibility index (Phi) is 32.8. The Labute approximate surface area is 324 Å². The number of aromatic nitrogens is 3. The lowest BCUT2D eigenvalue weighted by molar-refractivity contribution is -0.137. The molecule has 318 valence electrons. The van der Waals surface area contributed by atoms with Gasteiger partial charge in [0.1, 0.15) is 5.69 Å². The van der Waals surface area contributed by atoms with Gasteiger partial charge in [0, 0.05) is 18.8 Å². The van der Waals surface area contributed by atoms with Crippen LogP contribution in [0.4, 0.5) is 0 Å². The van der Waals surface area contributed by atoms with Crippen LogP contribution in [0.2, 0.25) is 0 Å². The maximum atomic E-state index is 11.4. The number of hydrogen-bond acceptors (Lipinski definition) is 17. The van der Waals surface area contributed by atoms with E-state index in [1.54, 1.807) is 4.68 Å². The zero-order chi connectivity index (χ0) is 39.1. The highest BCUT2D eigenvalue weighted by atomic mass is 16.6. The number of rotatable bonds is 43. The minimum Gasteiger partial charge on any atom is -0.379 e. The van der Waals surface area contributed by atoms with Crippen LogP contribution in [0.15, 0.2) is 18.3 Å². The molecule has 0 unspecified atom stereocenters. The van der Waals surface area contributed by atoms with Crippen LogP contribution in [0.3, 0.4) is 0 Å². The lowest BCUT2D eigenvalue weighted by Gasteiger charge is -2.13. The van der Waals surface area contributed by atoms with Gasteiger partial charge in [0.05, 0.1) is 184 Å². The van der Waals surface area contributed by atoms with Crippen molar-refractivity contribution in [3.63, 3.8) is 0 Å². The summed E-state index contributed by atoms with van der Waals surface area (Å²) in [6.45, 7) is 15.4. The van der Waals surface area contributed by atoms with E-state index in [0.717, 1.165) is 23.6 Å². The molecule has 1 aromatic heterocycles. The van der Waals surface area contributed by atoms with Crippen LogP contribution >= 0.6 is 0 Å². The normalized spacial score (nSPS) is 12.9. The first-order valence-corrected chi connectivity index (χ1v) is 19.1. The summed E-state index contributed by atoms with van der Waals surface area (Å²) in [6, 6.07) is 0. The first-order chi connectivity index (χ1) is 27.2. The Balaban J connectivity index is 1.21. The molecule has 19 heteroatoms. The Hall–Kier alpha value is -2.50. The van der Waals surface area contributed by atoms with E-state index in [2.05, 4.69) is 17.2 Å². The zero-order valence-electron chi connectivity index (χ0n) is 32.7. The van der Waals surface area contributed by atoms with Crippen LogP contribution in [0, 0.1) is 0 Å². The summed E-state index contributed by atoms with van der Waals surface area (Å²) in [5.74, 6) is -0.620. The van der Waals surface area contributed by atoms with Gasteiger partial charge in [-0.25, -0.2) is 4.68 Å². The van der Waals surface area contributed by atoms with Crippen molar-refractivity contribution in [2.45, 2.75) is 26.5 Å². The molecule has 2 rings (SSSR count). The molecule has 0 saturated carbocycles. The van der Waals surface area contributed by atoms with Crippen LogP contribution in [-0.4, -0.2) is 203 Å². The summed E-state index contributed by atoms with van der Waals surface area (Å²) >= 11 is 0. The monoisotopic (exact) mass is 792 g/mol. The second-order valence-corrected chi connectivity index (χ2v) is 11.5. The summed E-state index contributed by atoms with van der Waals surface area (Å²) in [6.07, 6.45) is 5.36. The molecule has 0 atom stereocenters. The number of imide groups is 1. The number of carbonyl (C=O) groups is 2. The van der Waals surface area contributed by atoms with Crippen LogP contribution in [0.1, 0.15) is 19.0 Å². The minimum atomic E-state index is -0.310. The topological polar surface area (TPSA) is 188 Å². The predicted molar refractivity (Wildman–Crippen MR) is 196 cm³/mol. The van der Waals surface area contributed by atoms with Crippen molar-refractivity contribution in [1.82, 2.24) is 19.9 Å². The van der Waals surface area contributed by atoms with Gasteiger partial charge in [0.15, 0.2) is 0 Å². The third kappa shape index (κ3) is 29.4. The van der Waals surface area contributed by atoms with Crippen LogP contribution in [-0.2, 0) is 84.3 Å². The Morgan fingerprint density at radius 2 is 0.727 bits per heavy atom. The van der Waals surface area contributed by atoms with Gasteiger partial charge < -0.3 is 61.6 Å². The molecular formula is C36H64N4O15. The third-order valence-electron chi connectivity index (χ3n) is 7.10. The first-order valence-electron chi connectivity index (χ1n) is 19.1. The molecule has 0 bridgehead atoms. The minimum absolute atomic E-state index is 0.234. The number of carbonyl (C=O) groups excluding carboxylic acids is 2. The van der Waals surface area contributed by atoms with Gasteiger partial charge >= 0.3 is 0 Å². The molecular weight excluding hydrogens is 728 g/mol. The van der Waals surface area contributed by atoms with Crippen LogP contribution in [0.25, 0.3) is 0 Å². The molecule has 55 heavy (non-hydrogen) atoms. The SMILES string of the molecule is CCCOCCOCCOCCOCCOCCOCCOCCn1cc(COCCOCCOCCOCCOCCOCCN2C(=O)C=CC2=O)nn1. The summed E-state index contributed by atoms with van der Waals surface area (Å²) in [5, 5.41) is 8.21. The lowest BCUT2D eigenvalue weighted by atomic mass is 10.5. The van der Waals surface area contributed by atoms with E-state index in [9.17, 15) is 9.59 Å². The highest BCUT2D eigenvalue weighted by molar-refractivity contribution is 6.12. The Bertz CT molecular complexity index is 1050. The summed E-state index contributed by atoms with van der Waals surface area (Å²) < 4.78 is 72.9. The van der Waals surface area contributed by atoms with Gasteiger partial charge in [0.2, 0.25) is 0 Å². The van der Waals surface area contributed by atoms with E-state index < -0.39 is 0 Å². The molecule has 19 nitrogen and oxygen atoms in total. The number of amides is 2. The Morgan fingerprint density at radius 1 is 0.418 bits per heavy atom. The molecule has 0 fully saturated rings. The first kappa shape index (κ1) is 48.6. The number of nitrogens with zero attached hydrogens (tertiary/aromatic N) is 4. The molecule has 2 amide bonds. The fourth-order valence-corrected chi connectivity index (χ4v) is 4.32. The third-order valence-corrected chi connectivity index (χ3v) is 7.10. The highest BCUT2D eigenvalue weighted by Crippen LogP contribution is 2.02. The molecule has 0 aliphatic carbocycles. The molecule has 1 aliphatic rings. The van der Waals surface area contributed by atoms with Crippen molar-refractivity contribution in [2.75, 3.05) is 172 Å². The molecule has 0 aromatic carbocycles. The van der Waals surface area contributed by atoms with Crippen LogP contribution < -0.4 is 0 Å². The second kappa shape index (κ2) is 37.1. The molecule has 1 aliphatic heterocycles. The molecule has 0 N–H and O–H groups in total. The Morgan fingerprint density at radius 3 is 1.09 bits per heavy atom. The van der Waals surface area contributed by atoms with Crippen molar-refractivity contribution < 1.29 is 71.2 Å². The van der Waals surface area contributed by atoms with E-state index in [-0.39, 0.29) is 25.0 Å². The van der Waals surface area contributed by atoms with Gasteiger partial charge in [-0.2, -0.15) is 0 Å². The van der Waals surface area contributed by atoms with Crippen molar-refractivity contribution in [3.05, 3.63) is 24.0 Å². The predicted octanol–water partition coefficient (Wildman–Crippen LogP) is 0.329. The highest BCUT2D eigenvalue weighted by Gasteiger charge is 2.22. The summed E-state index contributed by atoms with van der Waals surface area (Å²) in [7, 11) is 0. The molecule has 1 aromatic rings. The fourth-order valence-electron chi connectivity index (χ4n) is 4.32.